The van der Waals surface area contributed by atoms with Crippen molar-refractivity contribution < 1.29 is 9.59 Å². The van der Waals surface area contributed by atoms with Gasteiger partial charge in [-0.05, 0) is 41.2 Å². The molecule has 4 nitrogen and oxygen atoms in total. The van der Waals surface area contributed by atoms with Gasteiger partial charge in [0, 0.05) is 12.1 Å². The third-order valence-corrected chi connectivity index (χ3v) is 7.09. The lowest BCUT2D eigenvalue weighted by molar-refractivity contribution is -0.128. The zero-order valence-electron chi connectivity index (χ0n) is 19.1. The predicted octanol–water partition coefficient (Wildman–Crippen LogP) is 5.98. The summed E-state index contributed by atoms with van der Waals surface area (Å²) in [6.07, 6.45) is 0.878. The van der Waals surface area contributed by atoms with Crippen molar-refractivity contribution in [3.05, 3.63) is 107 Å². The van der Waals surface area contributed by atoms with Gasteiger partial charge < -0.3 is 10.2 Å². The lowest BCUT2D eigenvalue weighted by Gasteiger charge is -2.25. The van der Waals surface area contributed by atoms with E-state index in [0.29, 0.717) is 23.8 Å². The number of hydrogen-bond acceptors (Lipinski definition) is 3. The Balaban J connectivity index is 1.46. The zero-order chi connectivity index (χ0) is 23.2. The van der Waals surface area contributed by atoms with Crippen LogP contribution >= 0.6 is 11.8 Å². The molecule has 1 heterocycles. The summed E-state index contributed by atoms with van der Waals surface area (Å²) >= 11 is 1.64. The van der Waals surface area contributed by atoms with Crippen LogP contribution in [0, 0.1) is 5.92 Å². The highest BCUT2D eigenvalue weighted by Crippen LogP contribution is 2.39. The molecule has 5 heteroatoms. The molecule has 1 N–H and O–H groups in total. The molecule has 1 fully saturated rings. The number of rotatable bonds is 8. The Morgan fingerprint density at radius 2 is 1.61 bits per heavy atom. The van der Waals surface area contributed by atoms with Crippen molar-refractivity contribution in [1.82, 2.24) is 10.2 Å². The second-order valence-corrected chi connectivity index (χ2v) is 9.93. The summed E-state index contributed by atoms with van der Waals surface area (Å²) in [5.41, 5.74) is 3.91. The Kier molecular flexibility index (Phi) is 7.50. The molecule has 0 saturated carbocycles. The fourth-order valence-electron chi connectivity index (χ4n) is 4.16. The van der Waals surface area contributed by atoms with Gasteiger partial charge in [-0.3, -0.25) is 9.59 Å². The van der Waals surface area contributed by atoms with E-state index in [1.807, 2.05) is 77.7 Å². The number of benzene rings is 3. The molecular formula is C28H30N2O2S. The third kappa shape index (κ3) is 5.85. The standard InChI is InChI=1S/C28H30N2O2S/c1-20(2)17-25(22-11-7-4-8-12-22)29-27(32)23-13-15-24(16-14-23)28-30(26(31)19-33-28)18-21-9-5-3-6-10-21/h3-16,20,25,28H,17-19H2,1-2H3,(H,29,32)/t25-,28+/m0/s1. The number of hydrogen-bond donors (Lipinski definition) is 1. The molecule has 0 unspecified atom stereocenters. The van der Waals surface area contributed by atoms with Crippen LogP contribution in [-0.2, 0) is 11.3 Å². The van der Waals surface area contributed by atoms with Crippen LogP contribution in [-0.4, -0.2) is 22.5 Å². The SMILES string of the molecule is CC(C)C[C@H](NC(=O)c1ccc([C@H]2SCC(=O)N2Cc2ccccc2)cc1)c1ccccc1. The lowest BCUT2D eigenvalue weighted by atomic mass is 9.96. The first-order valence-corrected chi connectivity index (χ1v) is 12.5. The normalized spacial score (nSPS) is 16.8. The number of thioether (sulfide) groups is 1. The van der Waals surface area contributed by atoms with Crippen molar-refractivity contribution in [1.29, 1.82) is 0 Å². The van der Waals surface area contributed by atoms with Gasteiger partial charge in [-0.25, -0.2) is 0 Å². The second-order valence-electron chi connectivity index (χ2n) is 8.86. The summed E-state index contributed by atoms with van der Waals surface area (Å²) in [6, 6.07) is 27.8. The molecule has 1 aliphatic heterocycles. The van der Waals surface area contributed by atoms with E-state index < -0.39 is 0 Å². The summed E-state index contributed by atoms with van der Waals surface area (Å²) in [5, 5.41) is 3.18. The summed E-state index contributed by atoms with van der Waals surface area (Å²) in [7, 11) is 0. The first-order chi connectivity index (χ1) is 16.0. The van der Waals surface area contributed by atoms with E-state index >= 15 is 0 Å². The maximum atomic E-state index is 13.0. The molecule has 1 aliphatic rings. The minimum Gasteiger partial charge on any atom is -0.345 e. The fourth-order valence-corrected chi connectivity index (χ4v) is 5.34. The topological polar surface area (TPSA) is 49.4 Å². The molecule has 33 heavy (non-hydrogen) atoms. The van der Waals surface area contributed by atoms with Crippen LogP contribution in [0.4, 0.5) is 0 Å². The third-order valence-electron chi connectivity index (χ3n) is 5.84. The van der Waals surface area contributed by atoms with E-state index in [9.17, 15) is 9.59 Å². The molecule has 2 amide bonds. The van der Waals surface area contributed by atoms with Crippen LogP contribution in [0.1, 0.15) is 58.7 Å². The predicted molar refractivity (Wildman–Crippen MR) is 135 cm³/mol. The summed E-state index contributed by atoms with van der Waals surface area (Å²) in [4.78, 5) is 27.5. The first-order valence-electron chi connectivity index (χ1n) is 11.4. The van der Waals surface area contributed by atoms with Gasteiger partial charge in [0.2, 0.25) is 5.91 Å². The molecule has 3 aromatic carbocycles. The average molecular weight is 459 g/mol. The minimum absolute atomic E-state index is 0.0252. The molecule has 0 aromatic heterocycles. The lowest BCUT2D eigenvalue weighted by Crippen LogP contribution is -2.29. The van der Waals surface area contributed by atoms with Crippen LogP contribution in [0.15, 0.2) is 84.9 Å². The Labute approximate surface area is 200 Å². The Hall–Kier alpha value is -3.05. The van der Waals surface area contributed by atoms with Gasteiger partial charge in [-0.15, -0.1) is 11.8 Å². The molecule has 0 spiro atoms. The first kappa shape index (κ1) is 23.1. The van der Waals surface area contributed by atoms with Gasteiger partial charge in [0.15, 0.2) is 0 Å². The van der Waals surface area contributed by atoms with Crippen molar-refractivity contribution in [3.8, 4) is 0 Å². The van der Waals surface area contributed by atoms with Crippen molar-refractivity contribution in [2.24, 2.45) is 5.92 Å². The Morgan fingerprint density at radius 3 is 2.24 bits per heavy atom. The van der Waals surface area contributed by atoms with Crippen LogP contribution in [0.3, 0.4) is 0 Å². The molecule has 3 aromatic rings. The van der Waals surface area contributed by atoms with E-state index in [-0.39, 0.29) is 23.2 Å². The highest BCUT2D eigenvalue weighted by molar-refractivity contribution is 8.00. The van der Waals surface area contributed by atoms with E-state index in [4.69, 9.17) is 0 Å². The Bertz CT molecular complexity index is 1070. The van der Waals surface area contributed by atoms with Gasteiger partial charge in [0.25, 0.3) is 5.91 Å². The average Bonchev–Trinajstić information content (AvgIpc) is 3.19. The van der Waals surface area contributed by atoms with Crippen molar-refractivity contribution >= 4 is 23.6 Å². The summed E-state index contributed by atoms with van der Waals surface area (Å²) in [6.45, 7) is 4.92. The van der Waals surface area contributed by atoms with Gasteiger partial charge in [0.1, 0.15) is 5.37 Å². The van der Waals surface area contributed by atoms with Gasteiger partial charge in [-0.2, -0.15) is 0 Å². The van der Waals surface area contributed by atoms with Crippen molar-refractivity contribution in [2.45, 2.75) is 38.2 Å². The molecule has 170 valence electrons. The number of amides is 2. The molecule has 0 radical (unpaired) electrons. The van der Waals surface area contributed by atoms with Crippen LogP contribution < -0.4 is 5.32 Å². The molecule has 4 rings (SSSR count). The highest BCUT2D eigenvalue weighted by Gasteiger charge is 2.32. The second kappa shape index (κ2) is 10.7. The molecule has 0 bridgehead atoms. The van der Waals surface area contributed by atoms with Crippen molar-refractivity contribution in [3.63, 3.8) is 0 Å². The zero-order valence-corrected chi connectivity index (χ0v) is 19.9. The minimum atomic E-state index is -0.0765. The Morgan fingerprint density at radius 1 is 0.970 bits per heavy atom. The highest BCUT2D eigenvalue weighted by atomic mass is 32.2. The van der Waals surface area contributed by atoms with Crippen LogP contribution in [0.25, 0.3) is 0 Å². The number of nitrogens with zero attached hydrogens (tertiary/aromatic N) is 1. The molecular weight excluding hydrogens is 428 g/mol. The van der Waals surface area contributed by atoms with E-state index in [0.717, 1.165) is 23.1 Å². The quantitative estimate of drug-likeness (QED) is 0.452. The van der Waals surface area contributed by atoms with Crippen molar-refractivity contribution in [2.75, 3.05) is 5.75 Å². The molecule has 0 aliphatic carbocycles. The van der Waals surface area contributed by atoms with E-state index in [1.54, 1.807) is 11.8 Å². The smallest absolute Gasteiger partial charge is 0.251 e. The maximum Gasteiger partial charge on any atom is 0.251 e. The fraction of sp³-hybridized carbons (Fsp3) is 0.286. The van der Waals surface area contributed by atoms with Crippen LogP contribution in [0.2, 0.25) is 0 Å². The van der Waals surface area contributed by atoms with Gasteiger partial charge in [0.05, 0.1) is 11.8 Å². The molecule has 1 saturated heterocycles. The van der Waals surface area contributed by atoms with E-state index in [1.165, 1.54) is 0 Å². The van der Waals surface area contributed by atoms with Gasteiger partial charge >= 0.3 is 0 Å². The number of carbonyl (C=O) groups excluding carboxylic acids is 2. The monoisotopic (exact) mass is 458 g/mol. The summed E-state index contributed by atoms with van der Waals surface area (Å²) < 4.78 is 0. The largest absolute Gasteiger partial charge is 0.345 e. The van der Waals surface area contributed by atoms with Crippen LogP contribution in [0.5, 0.6) is 0 Å². The molecule has 2 atom stereocenters. The number of nitrogens with one attached hydrogen (secondary N) is 1. The van der Waals surface area contributed by atoms with Gasteiger partial charge in [-0.1, -0.05) is 86.6 Å². The number of carbonyl (C=O) groups is 2. The summed E-state index contributed by atoms with van der Waals surface area (Å²) in [5.74, 6) is 1.01. The van der Waals surface area contributed by atoms with E-state index in [2.05, 4.69) is 31.3 Å². The maximum absolute atomic E-state index is 13.0.